The molecule has 0 radical (unpaired) electrons. The minimum absolute atomic E-state index is 0.0654. The molecule has 9 atom stereocenters. The Morgan fingerprint density at radius 1 is 1.05 bits per heavy atom. The Morgan fingerprint density at radius 2 is 1.82 bits per heavy atom. The van der Waals surface area contributed by atoms with E-state index in [0.29, 0.717) is 30.4 Å². The van der Waals surface area contributed by atoms with Crippen molar-refractivity contribution in [2.45, 2.75) is 93.5 Å². The van der Waals surface area contributed by atoms with E-state index in [9.17, 15) is 36.9 Å². The van der Waals surface area contributed by atoms with Crippen LogP contribution in [0, 0.1) is 11.3 Å². The molecule has 2 aromatic rings. The molecule has 17 heteroatoms. The number of unbranched alkanes of at least 4 members (excludes halogenated alkanes) is 1. The standard InChI is InChI=1S/C38H53N3O12S2/c1-5-7-18-38(6-2)23-54(46,47)30-17-16-27(41(3)4)20-28(30)31(35(38)44)25-14-11-15-26(19-25)39-37(45)40-36-33(43)34(51-21-24-12-9-8-10-13-24)32(42)29(53-36)22-52-55(48,49)50/h8-12,14-17,19-20,24,29,31-36,42-44H,5-7,13,18,21-23H2,1-4H3,(H2,39,40,45)(H,48,49,50)/t24?,29-,31-,32-,33-,34+,35-,36-,38-/m1/s1. The van der Waals surface area contributed by atoms with Crippen molar-refractivity contribution in [2.24, 2.45) is 11.3 Å². The first kappa shape index (κ1) is 42.7. The van der Waals surface area contributed by atoms with Crippen molar-refractivity contribution in [3.63, 3.8) is 0 Å². The van der Waals surface area contributed by atoms with Crippen molar-refractivity contribution >= 4 is 37.6 Å². The lowest BCUT2D eigenvalue weighted by molar-refractivity contribution is -0.245. The zero-order valence-electron chi connectivity index (χ0n) is 31.4. The predicted octanol–water partition coefficient (Wildman–Crippen LogP) is 3.52. The predicted molar refractivity (Wildman–Crippen MR) is 206 cm³/mol. The topological polar surface area (TPSA) is 221 Å². The van der Waals surface area contributed by atoms with Crippen LogP contribution in [0.4, 0.5) is 16.2 Å². The Morgan fingerprint density at radius 3 is 2.47 bits per heavy atom. The SMILES string of the molecule is CCCC[C@]1(CC)CS(=O)(=O)c2ccc(N(C)C)cc2[C@@H](c2cccc(NC(=O)N[C@@H]3O[C@H](COS(=O)(=O)O)[C@@H](O)[C@H](OCC4C=CC=CC4)[C@H]3O)c2)[C@H]1O. The maximum atomic E-state index is 14.0. The van der Waals surface area contributed by atoms with Crippen LogP contribution < -0.4 is 15.5 Å². The van der Waals surface area contributed by atoms with Gasteiger partial charge < -0.3 is 40.3 Å². The van der Waals surface area contributed by atoms with Crippen LogP contribution in [0.1, 0.15) is 63.0 Å². The second-order valence-corrected chi connectivity index (χ2v) is 17.8. The van der Waals surface area contributed by atoms with Gasteiger partial charge in [0.25, 0.3) is 0 Å². The van der Waals surface area contributed by atoms with Gasteiger partial charge in [0, 0.05) is 42.7 Å². The number of carbonyl (C=O) groups excluding carboxylic acids is 1. The van der Waals surface area contributed by atoms with E-state index in [2.05, 4.69) is 14.8 Å². The summed E-state index contributed by atoms with van der Waals surface area (Å²) in [7, 11) is -5.05. The minimum atomic E-state index is -4.92. The number of allylic oxidation sites excluding steroid dienone is 3. The fourth-order valence-electron chi connectivity index (χ4n) is 7.64. The number of fused-ring (bicyclic) bond motifs is 1. The van der Waals surface area contributed by atoms with Gasteiger partial charge in [0.2, 0.25) is 0 Å². The van der Waals surface area contributed by atoms with Crippen molar-refractivity contribution in [1.29, 1.82) is 0 Å². The number of aliphatic hydroxyl groups is 3. The maximum absolute atomic E-state index is 14.0. The van der Waals surface area contributed by atoms with Gasteiger partial charge in [-0.05, 0) is 60.7 Å². The normalized spacial score (nSPS) is 30.3. The van der Waals surface area contributed by atoms with Gasteiger partial charge in [0.15, 0.2) is 16.1 Å². The van der Waals surface area contributed by atoms with Crippen LogP contribution in [0.5, 0.6) is 0 Å². The lowest BCUT2D eigenvalue weighted by Gasteiger charge is -2.42. The molecule has 0 aromatic heterocycles. The first-order chi connectivity index (χ1) is 26.0. The fraction of sp³-hybridized carbons (Fsp3) is 0.553. The van der Waals surface area contributed by atoms with Gasteiger partial charge in [-0.25, -0.2) is 17.4 Å². The van der Waals surface area contributed by atoms with E-state index >= 15 is 0 Å². The lowest BCUT2D eigenvalue weighted by Crippen LogP contribution is -2.64. The number of carbonyl (C=O) groups is 1. The number of ether oxygens (including phenoxy) is 2. The number of rotatable bonds is 14. The number of amides is 2. The van der Waals surface area contributed by atoms with Crippen molar-refractivity contribution in [2.75, 3.05) is 43.3 Å². The number of hydrogen-bond acceptors (Lipinski definition) is 12. The third kappa shape index (κ3) is 10.1. The van der Waals surface area contributed by atoms with E-state index in [-0.39, 0.29) is 28.9 Å². The summed E-state index contributed by atoms with van der Waals surface area (Å²) >= 11 is 0. The van der Waals surface area contributed by atoms with Crippen LogP contribution in [0.15, 0.2) is 71.7 Å². The van der Waals surface area contributed by atoms with Crippen LogP contribution >= 0.6 is 0 Å². The highest BCUT2D eigenvalue weighted by Crippen LogP contribution is 2.49. The molecule has 2 amide bonds. The van der Waals surface area contributed by atoms with Crippen LogP contribution in [-0.2, 0) is 33.9 Å². The van der Waals surface area contributed by atoms with E-state index < -0.39 is 81.0 Å². The maximum Gasteiger partial charge on any atom is 0.397 e. The number of nitrogens with one attached hydrogen (secondary N) is 2. The Kier molecular flexibility index (Phi) is 13.8. The smallest absolute Gasteiger partial charge is 0.392 e. The van der Waals surface area contributed by atoms with Crippen molar-refractivity contribution in [3.05, 3.63) is 77.9 Å². The molecule has 3 aliphatic rings. The number of hydrogen-bond donors (Lipinski definition) is 6. The molecule has 15 nitrogen and oxygen atoms in total. The monoisotopic (exact) mass is 807 g/mol. The molecule has 1 aliphatic carbocycles. The summed E-state index contributed by atoms with van der Waals surface area (Å²) < 4.78 is 75.9. The zero-order chi connectivity index (χ0) is 40.1. The minimum Gasteiger partial charge on any atom is -0.392 e. The Labute approximate surface area is 323 Å². The van der Waals surface area contributed by atoms with Gasteiger partial charge in [0.1, 0.15) is 24.4 Å². The summed E-state index contributed by atoms with van der Waals surface area (Å²) in [4.78, 5) is 15.5. The average Bonchev–Trinajstić information content (AvgIpc) is 3.21. The number of aliphatic hydroxyl groups excluding tert-OH is 3. The molecule has 0 saturated carbocycles. The van der Waals surface area contributed by atoms with Gasteiger partial charge in [-0.2, -0.15) is 8.42 Å². The first-order valence-electron chi connectivity index (χ1n) is 18.5. The number of anilines is 2. The highest BCUT2D eigenvalue weighted by Gasteiger charge is 2.49. The van der Waals surface area contributed by atoms with Crippen molar-refractivity contribution in [3.8, 4) is 0 Å². The summed E-state index contributed by atoms with van der Waals surface area (Å²) in [6, 6.07) is 11.0. The van der Waals surface area contributed by atoms with E-state index in [4.69, 9.17) is 14.0 Å². The summed E-state index contributed by atoms with van der Waals surface area (Å²) in [5.74, 6) is -1.06. The summed E-state index contributed by atoms with van der Waals surface area (Å²) in [6.45, 7) is 3.16. The Hall–Kier alpha value is -3.39. The molecular formula is C38H53N3O12S2. The van der Waals surface area contributed by atoms with Crippen LogP contribution in [0.25, 0.3) is 0 Å². The van der Waals surface area contributed by atoms with E-state index in [0.717, 1.165) is 18.5 Å². The lowest BCUT2D eigenvalue weighted by atomic mass is 9.69. The van der Waals surface area contributed by atoms with Crippen molar-refractivity contribution in [1.82, 2.24) is 5.32 Å². The third-order valence-electron chi connectivity index (χ3n) is 10.7. The second kappa shape index (κ2) is 17.8. The van der Waals surface area contributed by atoms with Crippen LogP contribution in [-0.4, -0.2) is 113 Å². The third-order valence-corrected chi connectivity index (χ3v) is 13.2. The molecule has 2 aromatic carbocycles. The molecule has 0 spiro atoms. The molecule has 2 heterocycles. The molecule has 1 unspecified atom stereocenters. The first-order valence-corrected chi connectivity index (χ1v) is 21.5. The van der Waals surface area contributed by atoms with E-state index in [1.165, 1.54) is 0 Å². The number of benzene rings is 2. The van der Waals surface area contributed by atoms with Crippen LogP contribution in [0.3, 0.4) is 0 Å². The van der Waals surface area contributed by atoms with E-state index in [1.54, 1.807) is 42.5 Å². The summed E-state index contributed by atoms with van der Waals surface area (Å²) in [5.41, 5.74) is 1.09. The van der Waals surface area contributed by atoms with Gasteiger partial charge >= 0.3 is 16.4 Å². The summed E-state index contributed by atoms with van der Waals surface area (Å²) in [6.07, 6.45) is 2.03. The molecule has 2 aliphatic heterocycles. The van der Waals surface area contributed by atoms with Crippen LogP contribution in [0.2, 0.25) is 0 Å². The quantitative estimate of drug-likeness (QED) is 0.151. The molecular weight excluding hydrogens is 755 g/mol. The van der Waals surface area contributed by atoms with Gasteiger partial charge in [-0.3, -0.25) is 4.55 Å². The number of sulfone groups is 1. The molecule has 6 N–H and O–H groups in total. The Bertz CT molecular complexity index is 1940. The summed E-state index contributed by atoms with van der Waals surface area (Å²) in [5, 5.41) is 39.7. The highest BCUT2D eigenvalue weighted by atomic mass is 32.3. The molecule has 1 saturated heterocycles. The highest BCUT2D eigenvalue weighted by molar-refractivity contribution is 7.91. The van der Waals surface area contributed by atoms with Gasteiger partial charge in [-0.1, -0.05) is 63.1 Å². The molecule has 5 rings (SSSR count). The molecule has 1 fully saturated rings. The molecule has 0 bridgehead atoms. The van der Waals surface area contributed by atoms with E-state index in [1.807, 2.05) is 57.1 Å². The largest absolute Gasteiger partial charge is 0.397 e. The van der Waals surface area contributed by atoms with Gasteiger partial charge in [0.05, 0.1) is 30.0 Å². The second-order valence-electron chi connectivity index (χ2n) is 14.7. The number of nitrogens with zero attached hydrogens (tertiary/aromatic N) is 1. The molecule has 55 heavy (non-hydrogen) atoms. The fourth-order valence-corrected chi connectivity index (χ4v) is 10.2. The zero-order valence-corrected chi connectivity index (χ0v) is 33.1. The number of urea groups is 1. The average molecular weight is 808 g/mol. The van der Waals surface area contributed by atoms with Gasteiger partial charge in [-0.15, -0.1) is 0 Å². The Balaban J connectivity index is 1.42. The molecule has 304 valence electrons. The van der Waals surface area contributed by atoms with Crippen molar-refractivity contribution < 1.29 is 55.2 Å².